The fourth-order valence-corrected chi connectivity index (χ4v) is 3.39. The largest absolute Gasteiger partial charge is 0.494 e. The van der Waals surface area contributed by atoms with E-state index in [-0.39, 0.29) is 17.5 Å². The number of hydrogen-bond donors (Lipinski definition) is 1. The van der Waals surface area contributed by atoms with Crippen LogP contribution in [0.1, 0.15) is 44.9 Å². The highest BCUT2D eigenvalue weighted by atomic mass is 16.5. The van der Waals surface area contributed by atoms with E-state index < -0.39 is 0 Å². The van der Waals surface area contributed by atoms with E-state index in [0.717, 1.165) is 17.7 Å². The molecule has 0 aliphatic carbocycles. The summed E-state index contributed by atoms with van der Waals surface area (Å²) in [5.74, 6) is 0.835. The molecule has 0 fully saturated rings. The van der Waals surface area contributed by atoms with Crippen LogP contribution in [-0.2, 0) is 6.42 Å². The van der Waals surface area contributed by atoms with Crippen LogP contribution in [0.5, 0.6) is 5.75 Å². The van der Waals surface area contributed by atoms with Gasteiger partial charge in [0, 0.05) is 13.1 Å². The predicted molar refractivity (Wildman–Crippen MR) is 120 cm³/mol. The number of hydrazine groups is 1. The number of carbonyl (C=O) groups is 1. The van der Waals surface area contributed by atoms with Crippen LogP contribution in [0.15, 0.2) is 59.7 Å². The lowest BCUT2D eigenvalue weighted by Crippen LogP contribution is -2.48. The second kappa shape index (κ2) is 9.76. The molecule has 6 nitrogen and oxygen atoms in total. The minimum Gasteiger partial charge on any atom is -0.494 e. The van der Waals surface area contributed by atoms with Crippen molar-refractivity contribution in [1.29, 1.82) is 0 Å². The number of carbonyl (C=O) groups excluding carboxylic acids is 1. The van der Waals surface area contributed by atoms with Gasteiger partial charge < -0.3 is 9.64 Å². The van der Waals surface area contributed by atoms with Gasteiger partial charge in [-0.2, -0.15) is 10.5 Å². The van der Waals surface area contributed by atoms with Gasteiger partial charge in [-0.25, -0.2) is 4.79 Å². The van der Waals surface area contributed by atoms with E-state index in [2.05, 4.69) is 43.4 Å². The number of hydrogen-bond acceptors (Lipinski definition) is 4. The summed E-state index contributed by atoms with van der Waals surface area (Å²) in [6, 6.07) is 17.8. The average molecular weight is 409 g/mol. The third kappa shape index (κ3) is 6.07. The van der Waals surface area contributed by atoms with E-state index >= 15 is 0 Å². The van der Waals surface area contributed by atoms with Gasteiger partial charge in [-0.3, -0.25) is 0 Å². The molecule has 3 rings (SSSR count). The van der Waals surface area contributed by atoms with Crippen LogP contribution in [0, 0.1) is 5.41 Å². The molecule has 30 heavy (non-hydrogen) atoms. The summed E-state index contributed by atoms with van der Waals surface area (Å²) >= 11 is 0. The Morgan fingerprint density at radius 1 is 1.13 bits per heavy atom. The fourth-order valence-electron chi connectivity index (χ4n) is 3.39. The molecule has 0 radical (unpaired) electrons. The van der Waals surface area contributed by atoms with Crippen molar-refractivity contribution in [2.75, 3.05) is 19.7 Å². The van der Waals surface area contributed by atoms with Gasteiger partial charge in [0.05, 0.1) is 18.9 Å². The zero-order chi connectivity index (χ0) is 21.6. The first-order chi connectivity index (χ1) is 14.4. The quantitative estimate of drug-likeness (QED) is 0.726. The van der Waals surface area contributed by atoms with Crippen molar-refractivity contribution in [3.63, 3.8) is 0 Å². The summed E-state index contributed by atoms with van der Waals surface area (Å²) in [6.45, 7) is 10.3. The maximum absolute atomic E-state index is 13.2. The summed E-state index contributed by atoms with van der Waals surface area (Å²) in [5.41, 5.74) is 5.44. The highest BCUT2D eigenvalue weighted by molar-refractivity contribution is 5.79. The number of ether oxygens (including phenoxy) is 1. The predicted octanol–water partition coefficient (Wildman–Crippen LogP) is 4.64. The van der Waals surface area contributed by atoms with Crippen molar-refractivity contribution in [2.45, 2.75) is 40.2 Å². The van der Waals surface area contributed by atoms with Gasteiger partial charge in [0.25, 0.3) is 0 Å². The number of nitrogens with one attached hydrogen (secondary N) is 1. The van der Waals surface area contributed by atoms with Crippen LogP contribution < -0.4 is 10.2 Å². The molecule has 2 aromatic rings. The van der Waals surface area contributed by atoms with E-state index in [0.29, 0.717) is 19.7 Å². The zero-order valence-corrected chi connectivity index (χ0v) is 18.3. The number of nitrogens with zero attached hydrogens (tertiary/aromatic N) is 3. The second-order valence-electron chi connectivity index (χ2n) is 8.69. The van der Waals surface area contributed by atoms with E-state index in [4.69, 9.17) is 4.74 Å². The molecular formula is C24H32N4O2. The molecule has 0 saturated heterocycles. The Morgan fingerprint density at radius 3 is 2.47 bits per heavy atom. The van der Waals surface area contributed by atoms with Gasteiger partial charge in [-0.15, -0.1) is 5.12 Å². The Labute approximate surface area is 179 Å². The van der Waals surface area contributed by atoms with Crippen molar-refractivity contribution in [3.05, 3.63) is 65.7 Å². The molecule has 1 aliphatic rings. The molecule has 1 atom stereocenters. The maximum atomic E-state index is 13.2. The number of rotatable bonds is 7. The molecule has 1 heterocycles. The smallest absolute Gasteiger partial charge is 0.355 e. The molecule has 2 aromatic carbocycles. The molecule has 1 N–H and O–H groups in total. The third-order valence-corrected chi connectivity index (χ3v) is 4.77. The molecule has 0 saturated carbocycles. The average Bonchev–Trinajstić information content (AvgIpc) is 3.21. The van der Waals surface area contributed by atoms with Crippen LogP contribution >= 0.6 is 0 Å². The van der Waals surface area contributed by atoms with Gasteiger partial charge in [0.1, 0.15) is 5.75 Å². The third-order valence-electron chi connectivity index (χ3n) is 4.77. The number of amides is 2. The van der Waals surface area contributed by atoms with Crippen molar-refractivity contribution < 1.29 is 9.53 Å². The number of urea groups is 1. The molecule has 0 aromatic heterocycles. The van der Waals surface area contributed by atoms with Crippen LogP contribution in [0.4, 0.5) is 4.79 Å². The molecular weight excluding hydrogens is 376 g/mol. The van der Waals surface area contributed by atoms with Crippen molar-refractivity contribution in [2.24, 2.45) is 10.5 Å². The standard InChI is InChI=1S/C24H32N4O2/c1-5-30-21-13-11-20(12-14-21)22-17-25-28(26-22)23(29)27(18-24(2,3)4)16-15-19-9-7-6-8-10-19/h6-14,17,22,26H,5,15-16,18H2,1-4H3. The summed E-state index contributed by atoms with van der Waals surface area (Å²) in [4.78, 5) is 15.1. The zero-order valence-electron chi connectivity index (χ0n) is 18.3. The highest BCUT2D eigenvalue weighted by Crippen LogP contribution is 2.22. The van der Waals surface area contributed by atoms with E-state index in [1.54, 1.807) is 6.21 Å². The van der Waals surface area contributed by atoms with Gasteiger partial charge in [0.2, 0.25) is 0 Å². The van der Waals surface area contributed by atoms with E-state index in [1.165, 1.54) is 10.7 Å². The summed E-state index contributed by atoms with van der Waals surface area (Å²) in [6.07, 6.45) is 2.57. The van der Waals surface area contributed by atoms with Gasteiger partial charge in [-0.1, -0.05) is 63.2 Å². The van der Waals surface area contributed by atoms with Crippen LogP contribution in [0.3, 0.4) is 0 Å². The van der Waals surface area contributed by atoms with Gasteiger partial charge >= 0.3 is 6.03 Å². The Kier molecular flexibility index (Phi) is 7.11. The van der Waals surface area contributed by atoms with Gasteiger partial charge in [-0.05, 0) is 42.0 Å². The Hall–Kier alpha value is -2.86. The van der Waals surface area contributed by atoms with Crippen molar-refractivity contribution in [3.8, 4) is 5.75 Å². The lowest BCUT2D eigenvalue weighted by atomic mass is 9.96. The first-order valence-electron chi connectivity index (χ1n) is 10.5. The molecule has 2 amide bonds. The normalized spacial score (nSPS) is 16.0. The fraction of sp³-hybridized carbons (Fsp3) is 0.417. The topological polar surface area (TPSA) is 57.2 Å². The van der Waals surface area contributed by atoms with E-state index in [1.807, 2.05) is 54.3 Å². The molecule has 1 aliphatic heterocycles. The monoisotopic (exact) mass is 408 g/mol. The maximum Gasteiger partial charge on any atom is 0.355 e. The summed E-state index contributed by atoms with van der Waals surface area (Å²) < 4.78 is 5.50. The molecule has 1 unspecified atom stereocenters. The number of benzene rings is 2. The van der Waals surface area contributed by atoms with Gasteiger partial charge in [0.15, 0.2) is 0 Å². The molecule has 160 valence electrons. The lowest BCUT2D eigenvalue weighted by Gasteiger charge is -2.32. The SMILES string of the molecule is CCOc1ccc(C2C=NN(C(=O)N(CCc3ccccc3)CC(C)(C)C)N2)cc1. The second-order valence-corrected chi connectivity index (χ2v) is 8.69. The van der Waals surface area contributed by atoms with Crippen LogP contribution in [0.2, 0.25) is 0 Å². The lowest BCUT2D eigenvalue weighted by molar-refractivity contribution is 0.119. The Balaban J connectivity index is 1.64. The molecule has 0 bridgehead atoms. The van der Waals surface area contributed by atoms with Crippen LogP contribution in [-0.4, -0.2) is 42.0 Å². The number of hydrazone groups is 1. The Morgan fingerprint density at radius 2 is 1.83 bits per heavy atom. The first kappa shape index (κ1) is 21.8. The van der Waals surface area contributed by atoms with E-state index in [9.17, 15) is 4.79 Å². The van der Waals surface area contributed by atoms with Crippen LogP contribution in [0.25, 0.3) is 0 Å². The first-order valence-corrected chi connectivity index (χ1v) is 10.5. The molecule has 6 heteroatoms. The molecule has 0 spiro atoms. The summed E-state index contributed by atoms with van der Waals surface area (Å²) in [5, 5.41) is 5.69. The highest BCUT2D eigenvalue weighted by Gasteiger charge is 2.29. The van der Waals surface area contributed by atoms with Crippen molar-refractivity contribution >= 4 is 12.2 Å². The summed E-state index contributed by atoms with van der Waals surface area (Å²) in [7, 11) is 0. The Bertz CT molecular complexity index is 844. The van der Waals surface area contributed by atoms with Crippen molar-refractivity contribution in [1.82, 2.24) is 15.4 Å². The minimum absolute atomic E-state index is 0.00963. The minimum atomic E-state index is -0.143.